The second-order valence-electron chi connectivity index (χ2n) is 3.95. The Hall–Kier alpha value is -0.930. The van der Waals surface area contributed by atoms with Gasteiger partial charge in [-0.25, -0.2) is 0 Å². The van der Waals surface area contributed by atoms with Gasteiger partial charge in [-0.1, -0.05) is 6.07 Å². The Bertz CT molecular complexity index is 262. The van der Waals surface area contributed by atoms with Gasteiger partial charge >= 0.3 is 0 Å². The highest BCUT2D eigenvalue weighted by Crippen LogP contribution is 2.09. The molecule has 2 unspecified atom stereocenters. The third kappa shape index (κ3) is 4.91. The summed E-state index contributed by atoms with van der Waals surface area (Å²) in [5.74, 6) is 0. The number of aromatic nitrogens is 1. The lowest BCUT2D eigenvalue weighted by molar-refractivity contribution is 0.181. The first kappa shape index (κ1) is 12.1. The summed E-state index contributed by atoms with van der Waals surface area (Å²) in [5, 5.41) is 12.5. The van der Waals surface area contributed by atoms with E-state index in [2.05, 4.69) is 23.3 Å². The number of nitrogens with zero attached hydrogens (tertiary/aromatic N) is 1. The molecule has 2 atom stereocenters. The number of aliphatic hydroxyl groups is 1. The third-order valence-electron chi connectivity index (χ3n) is 2.43. The Kier molecular flexibility index (Phi) is 5.29. The second-order valence-corrected chi connectivity index (χ2v) is 3.95. The molecule has 1 aromatic heterocycles. The van der Waals surface area contributed by atoms with E-state index in [9.17, 15) is 0 Å². The molecule has 1 heterocycles. The van der Waals surface area contributed by atoms with Crippen molar-refractivity contribution in [2.24, 2.45) is 0 Å². The van der Waals surface area contributed by atoms with E-state index in [-0.39, 0.29) is 6.10 Å². The number of nitrogens with one attached hydrogen (secondary N) is 1. The van der Waals surface area contributed by atoms with Gasteiger partial charge in [-0.3, -0.25) is 4.98 Å². The van der Waals surface area contributed by atoms with Gasteiger partial charge in [0.05, 0.1) is 6.10 Å². The molecule has 0 spiro atoms. The Morgan fingerprint density at radius 3 is 2.87 bits per heavy atom. The summed E-state index contributed by atoms with van der Waals surface area (Å²) < 4.78 is 0. The van der Waals surface area contributed by atoms with Crippen LogP contribution >= 0.6 is 0 Å². The molecule has 0 saturated heterocycles. The van der Waals surface area contributed by atoms with E-state index in [0.29, 0.717) is 6.04 Å². The number of hydrogen-bond donors (Lipinski definition) is 2. The molecule has 0 fully saturated rings. The summed E-state index contributed by atoms with van der Waals surface area (Å²) in [5.41, 5.74) is 1.20. The molecule has 0 bridgehead atoms. The van der Waals surface area contributed by atoms with Gasteiger partial charge in [0.15, 0.2) is 0 Å². The molecular weight excluding hydrogens is 188 g/mol. The molecule has 0 aliphatic rings. The SMILES string of the molecule is CC(O)CCCNC(C)c1cccnc1. The van der Waals surface area contributed by atoms with Crippen molar-refractivity contribution in [3.63, 3.8) is 0 Å². The van der Waals surface area contributed by atoms with Gasteiger partial charge in [0, 0.05) is 18.4 Å². The van der Waals surface area contributed by atoms with Crippen LogP contribution in [-0.4, -0.2) is 22.7 Å². The topological polar surface area (TPSA) is 45.1 Å². The summed E-state index contributed by atoms with van der Waals surface area (Å²) in [7, 11) is 0. The zero-order valence-corrected chi connectivity index (χ0v) is 9.48. The fourth-order valence-electron chi connectivity index (χ4n) is 1.47. The lowest BCUT2D eigenvalue weighted by Crippen LogP contribution is -2.20. The Morgan fingerprint density at radius 1 is 1.47 bits per heavy atom. The van der Waals surface area contributed by atoms with Crippen LogP contribution in [0, 0.1) is 0 Å². The molecule has 84 valence electrons. The smallest absolute Gasteiger partial charge is 0.0512 e. The molecule has 2 N–H and O–H groups in total. The van der Waals surface area contributed by atoms with Crippen LogP contribution < -0.4 is 5.32 Å². The highest BCUT2D eigenvalue weighted by atomic mass is 16.3. The maximum Gasteiger partial charge on any atom is 0.0512 e. The standard InChI is InChI=1S/C12H20N2O/c1-10(15)5-3-8-14-11(2)12-6-4-7-13-9-12/h4,6-7,9-11,14-15H,3,5,8H2,1-2H3. The molecule has 0 aliphatic heterocycles. The first-order valence-corrected chi connectivity index (χ1v) is 5.51. The Morgan fingerprint density at radius 2 is 2.27 bits per heavy atom. The first-order valence-electron chi connectivity index (χ1n) is 5.51. The molecule has 0 saturated carbocycles. The van der Waals surface area contributed by atoms with Gasteiger partial charge in [-0.05, 0) is 44.9 Å². The Labute approximate surface area is 91.5 Å². The van der Waals surface area contributed by atoms with Crippen molar-refractivity contribution in [3.05, 3.63) is 30.1 Å². The minimum absolute atomic E-state index is 0.194. The quantitative estimate of drug-likeness (QED) is 0.702. The van der Waals surface area contributed by atoms with E-state index < -0.39 is 0 Å². The van der Waals surface area contributed by atoms with Crippen molar-refractivity contribution >= 4 is 0 Å². The van der Waals surface area contributed by atoms with Crippen molar-refractivity contribution in [2.75, 3.05) is 6.54 Å². The van der Waals surface area contributed by atoms with Gasteiger partial charge in [-0.15, -0.1) is 0 Å². The molecule has 0 amide bonds. The summed E-state index contributed by atoms with van der Waals surface area (Å²) in [6.07, 6.45) is 5.32. The zero-order valence-electron chi connectivity index (χ0n) is 9.48. The van der Waals surface area contributed by atoms with E-state index in [1.807, 2.05) is 19.2 Å². The fraction of sp³-hybridized carbons (Fsp3) is 0.583. The second kappa shape index (κ2) is 6.53. The highest BCUT2D eigenvalue weighted by Gasteiger charge is 2.03. The molecule has 1 rings (SSSR count). The van der Waals surface area contributed by atoms with E-state index in [0.717, 1.165) is 19.4 Å². The van der Waals surface area contributed by atoms with Gasteiger partial charge in [0.1, 0.15) is 0 Å². The maximum atomic E-state index is 9.10. The van der Waals surface area contributed by atoms with E-state index in [1.165, 1.54) is 5.56 Å². The van der Waals surface area contributed by atoms with Crippen molar-refractivity contribution < 1.29 is 5.11 Å². The van der Waals surface area contributed by atoms with Crippen LogP contribution in [0.5, 0.6) is 0 Å². The van der Waals surface area contributed by atoms with Crippen molar-refractivity contribution in [1.29, 1.82) is 0 Å². The molecule has 3 heteroatoms. The highest BCUT2D eigenvalue weighted by molar-refractivity contribution is 5.12. The van der Waals surface area contributed by atoms with Gasteiger partial charge in [-0.2, -0.15) is 0 Å². The minimum atomic E-state index is -0.194. The van der Waals surface area contributed by atoms with Crippen LogP contribution in [0.4, 0.5) is 0 Å². The largest absolute Gasteiger partial charge is 0.393 e. The average molecular weight is 208 g/mol. The summed E-state index contributed by atoms with van der Waals surface area (Å²) in [4.78, 5) is 4.08. The van der Waals surface area contributed by atoms with Crippen molar-refractivity contribution in [1.82, 2.24) is 10.3 Å². The van der Waals surface area contributed by atoms with Crippen molar-refractivity contribution in [2.45, 2.75) is 38.8 Å². The molecular formula is C12H20N2O. The van der Waals surface area contributed by atoms with Crippen molar-refractivity contribution in [3.8, 4) is 0 Å². The molecule has 0 radical (unpaired) electrons. The van der Waals surface area contributed by atoms with E-state index in [4.69, 9.17) is 5.11 Å². The summed E-state index contributed by atoms with van der Waals surface area (Å²) >= 11 is 0. The normalized spacial score (nSPS) is 14.9. The third-order valence-corrected chi connectivity index (χ3v) is 2.43. The minimum Gasteiger partial charge on any atom is -0.393 e. The van der Waals surface area contributed by atoms with Gasteiger partial charge in [0.2, 0.25) is 0 Å². The number of rotatable bonds is 6. The van der Waals surface area contributed by atoms with Crippen LogP contribution in [0.1, 0.15) is 38.3 Å². The first-order chi connectivity index (χ1) is 7.20. The molecule has 0 aromatic carbocycles. The number of pyridine rings is 1. The summed E-state index contributed by atoms with van der Waals surface area (Å²) in [6.45, 7) is 4.88. The predicted molar refractivity (Wildman–Crippen MR) is 61.6 cm³/mol. The zero-order chi connectivity index (χ0) is 11.1. The molecule has 15 heavy (non-hydrogen) atoms. The predicted octanol–water partition coefficient (Wildman–Crippen LogP) is 1.89. The van der Waals surface area contributed by atoms with Crippen LogP contribution in [-0.2, 0) is 0 Å². The van der Waals surface area contributed by atoms with E-state index >= 15 is 0 Å². The van der Waals surface area contributed by atoms with Crippen LogP contribution in [0.2, 0.25) is 0 Å². The van der Waals surface area contributed by atoms with Crippen LogP contribution in [0.15, 0.2) is 24.5 Å². The number of hydrogen-bond acceptors (Lipinski definition) is 3. The van der Waals surface area contributed by atoms with Gasteiger partial charge < -0.3 is 10.4 Å². The molecule has 1 aromatic rings. The fourth-order valence-corrected chi connectivity index (χ4v) is 1.47. The molecule has 3 nitrogen and oxygen atoms in total. The van der Waals surface area contributed by atoms with Crippen LogP contribution in [0.3, 0.4) is 0 Å². The summed E-state index contributed by atoms with van der Waals surface area (Å²) in [6, 6.07) is 4.34. The van der Waals surface area contributed by atoms with Crippen LogP contribution in [0.25, 0.3) is 0 Å². The Balaban J connectivity index is 2.22. The lowest BCUT2D eigenvalue weighted by atomic mass is 10.1. The van der Waals surface area contributed by atoms with Gasteiger partial charge in [0.25, 0.3) is 0 Å². The maximum absolute atomic E-state index is 9.10. The monoisotopic (exact) mass is 208 g/mol. The van der Waals surface area contributed by atoms with E-state index in [1.54, 1.807) is 6.20 Å². The molecule has 0 aliphatic carbocycles. The number of aliphatic hydroxyl groups excluding tert-OH is 1. The average Bonchev–Trinajstić information content (AvgIpc) is 2.25. The lowest BCUT2D eigenvalue weighted by Gasteiger charge is -2.13.